The number of rotatable bonds is 4. The lowest BCUT2D eigenvalue weighted by molar-refractivity contribution is 1.08. The standard InChI is InChI=1S/C45H27N3S/c1-2-12-28(13-3-1)31-26-27-37(34-18-7-6-17-33(31)34)43-46-44(38-21-10-15-30-25-24-29-14-4-5-16-32(29)41(30)38)48-45(47-43)39-22-11-20-36-35-19-8-9-23-40(35)49-42(36)39/h1-27H. The highest BCUT2D eigenvalue weighted by molar-refractivity contribution is 7.26. The second kappa shape index (κ2) is 11.2. The minimum atomic E-state index is 0.658. The monoisotopic (exact) mass is 641 g/mol. The molecule has 3 nitrogen and oxygen atoms in total. The highest BCUT2D eigenvalue weighted by Gasteiger charge is 2.20. The Morgan fingerprint density at radius 1 is 0.327 bits per heavy atom. The third-order valence-corrected chi connectivity index (χ3v) is 10.8. The maximum Gasteiger partial charge on any atom is 0.165 e. The SMILES string of the molecule is c1ccc(-c2ccc(-c3nc(-c4cccc5c4sc4ccccc45)nc(-c4cccc5ccc6ccccc6c45)n3)c3ccccc23)cc1. The molecule has 0 aliphatic heterocycles. The highest BCUT2D eigenvalue weighted by Crippen LogP contribution is 2.41. The van der Waals surface area contributed by atoms with Crippen molar-refractivity contribution in [1.29, 1.82) is 0 Å². The van der Waals surface area contributed by atoms with E-state index in [9.17, 15) is 0 Å². The van der Waals surface area contributed by atoms with Gasteiger partial charge in [-0.25, -0.2) is 15.0 Å². The van der Waals surface area contributed by atoms with Crippen molar-refractivity contribution in [2.75, 3.05) is 0 Å². The van der Waals surface area contributed by atoms with Crippen LogP contribution in [-0.2, 0) is 0 Å². The molecule has 4 heteroatoms. The van der Waals surface area contributed by atoms with Gasteiger partial charge in [-0.2, -0.15) is 0 Å². The van der Waals surface area contributed by atoms with Crippen molar-refractivity contribution >= 4 is 63.8 Å². The lowest BCUT2D eigenvalue weighted by atomic mass is 9.94. The van der Waals surface area contributed by atoms with Crippen LogP contribution in [0.4, 0.5) is 0 Å². The van der Waals surface area contributed by atoms with E-state index in [4.69, 9.17) is 15.0 Å². The Balaban J connectivity index is 1.28. The van der Waals surface area contributed by atoms with Crippen LogP contribution < -0.4 is 0 Å². The fourth-order valence-corrected chi connectivity index (χ4v) is 8.48. The van der Waals surface area contributed by atoms with Crippen molar-refractivity contribution in [2.45, 2.75) is 0 Å². The molecule has 2 aromatic heterocycles. The molecule has 0 bridgehead atoms. The van der Waals surface area contributed by atoms with Crippen molar-refractivity contribution in [1.82, 2.24) is 15.0 Å². The first-order valence-electron chi connectivity index (χ1n) is 16.5. The molecule has 0 aliphatic carbocycles. The summed E-state index contributed by atoms with van der Waals surface area (Å²) in [4.78, 5) is 15.9. The zero-order valence-corrected chi connectivity index (χ0v) is 27.2. The van der Waals surface area contributed by atoms with Crippen LogP contribution >= 0.6 is 11.3 Å². The molecule has 0 radical (unpaired) electrons. The maximum atomic E-state index is 5.31. The Labute approximate surface area is 286 Å². The van der Waals surface area contributed by atoms with Gasteiger partial charge in [0.1, 0.15) is 0 Å². The Hall–Kier alpha value is -6.23. The van der Waals surface area contributed by atoms with Crippen molar-refractivity contribution < 1.29 is 0 Å². The number of nitrogens with zero attached hydrogens (tertiary/aromatic N) is 3. The zero-order chi connectivity index (χ0) is 32.3. The number of benzene rings is 8. The van der Waals surface area contributed by atoms with Gasteiger partial charge in [0, 0.05) is 42.2 Å². The summed E-state index contributed by atoms with van der Waals surface area (Å²) in [6.07, 6.45) is 0. The Morgan fingerprint density at radius 3 is 1.71 bits per heavy atom. The third-order valence-electron chi connectivity index (χ3n) is 9.54. The van der Waals surface area contributed by atoms with E-state index in [1.807, 2.05) is 0 Å². The summed E-state index contributed by atoms with van der Waals surface area (Å²) in [5, 5.41) is 9.42. The molecule has 2 heterocycles. The van der Waals surface area contributed by atoms with E-state index >= 15 is 0 Å². The molecule has 0 N–H and O–H groups in total. The van der Waals surface area contributed by atoms with Gasteiger partial charge in [-0.05, 0) is 56.3 Å². The smallest absolute Gasteiger partial charge is 0.165 e. The predicted octanol–water partition coefficient (Wildman–Crippen LogP) is 12.4. The number of thiophene rings is 1. The van der Waals surface area contributed by atoms with Gasteiger partial charge in [0.15, 0.2) is 17.5 Å². The predicted molar refractivity (Wildman–Crippen MR) is 207 cm³/mol. The second-order valence-corrected chi connectivity index (χ2v) is 13.4. The number of aromatic nitrogens is 3. The first-order valence-corrected chi connectivity index (χ1v) is 17.3. The molecule has 228 valence electrons. The van der Waals surface area contributed by atoms with Gasteiger partial charge >= 0.3 is 0 Å². The van der Waals surface area contributed by atoms with E-state index in [0.717, 1.165) is 38.2 Å². The van der Waals surface area contributed by atoms with Crippen LogP contribution in [0.2, 0.25) is 0 Å². The average Bonchev–Trinajstić information content (AvgIpc) is 3.56. The molecule has 0 saturated carbocycles. The molecule has 0 atom stereocenters. The number of hydrogen-bond acceptors (Lipinski definition) is 4. The molecule has 10 rings (SSSR count). The van der Waals surface area contributed by atoms with Crippen molar-refractivity contribution in [3.05, 3.63) is 164 Å². The van der Waals surface area contributed by atoms with Gasteiger partial charge in [-0.15, -0.1) is 11.3 Å². The van der Waals surface area contributed by atoms with E-state index in [1.165, 1.54) is 42.1 Å². The molecule has 0 aliphatic rings. The summed E-state index contributed by atoms with van der Waals surface area (Å²) >= 11 is 1.79. The van der Waals surface area contributed by atoms with E-state index in [0.29, 0.717) is 17.5 Å². The summed E-state index contributed by atoms with van der Waals surface area (Å²) in [7, 11) is 0. The van der Waals surface area contributed by atoms with Crippen molar-refractivity contribution in [2.24, 2.45) is 0 Å². The summed E-state index contributed by atoms with van der Waals surface area (Å²) in [6.45, 7) is 0. The maximum absolute atomic E-state index is 5.31. The molecular formula is C45H27N3S. The minimum Gasteiger partial charge on any atom is -0.208 e. The Kier molecular flexibility index (Phi) is 6.36. The topological polar surface area (TPSA) is 38.7 Å². The minimum absolute atomic E-state index is 0.658. The van der Waals surface area contributed by atoms with E-state index in [1.54, 1.807) is 11.3 Å². The van der Waals surface area contributed by atoms with Gasteiger partial charge in [-0.1, -0.05) is 146 Å². The van der Waals surface area contributed by atoms with Gasteiger partial charge < -0.3 is 0 Å². The van der Waals surface area contributed by atoms with Gasteiger partial charge in [0.05, 0.1) is 0 Å². The van der Waals surface area contributed by atoms with Crippen LogP contribution in [0.3, 0.4) is 0 Å². The van der Waals surface area contributed by atoms with Gasteiger partial charge in [-0.3, -0.25) is 0 Å². The molecule has 8 aromatic carbocycles. The molecule has 0 spiro atoms. The summed E-state index contributed by atoms with van der Waals surface area (Å²) in [5.41, 5.74) is 5.35. The van der Waals surface area contributed by atoms with E-state index in [-0.39, 0.29) is 0 Å². The summed E-state index contributed by atoms with van der Waals surface area (Å²) in [5.74, 6) is 1.99. The Bertz CT molecular complexity index is 2890. The van der Waals surface area contributed by atoms with Crippen LogP contribution in [0.5, 0.6) is 0 Å². The molecule has 0 unspecified atom stereocenters. The lowest BCUT2D eigenvalue weighted by Crippen LogP contribution is -2.01. The van der Waals surface area contributed by atoms with Crippen molar-refractivity contribution in [3.8, 4) is 45.3 Å². The largest absolute Gasteiger partial charge is 0.208 e. The first kappa shape index (κ1) is 27.8. The zero-order valence-electron chi connectivity index (χ0n) is 26.3. The normalized spacial score (nSPS) is 11.7. The fraction of sp³-hybridized carbons (Fsp3) is 0. The third kappa shape index (κ3) is 4.53. The average molecular weight is 642 g/mol. The van der Waals surface area contributed by atoms with Crippen molar-refractivity contribution in [3.63, 3.8) is 0 Å². The number of fused-ring (bicyclic) bond motifs is 7. The quantitative estimate of drug-likeness (QED) is 0.180. The van der Waals surface area contributed by atoms with E-state index in [2.05, 4.69) is 164 Å². The van der Waals surface area contributed by atoms with Crippen LogP contribution in [0.25, 0.3) is 97.8 Å². The number of hydrogen-bond donors (Lipinski definition) is 0. The second-order valence-electron chi connectivity index (χ2n) is 12.3. The molecule has 0 saturated heterocycles. The molecular weight excluding hydrogens is 615 g/mol. The highest BCUT2D eigenvalue weighted by atomic mass is 32.1. The van der Waals surface area contributed by atoms with Gasteiger partial charge in [0.2, 0.25) is 0 Å². The fourth-order valence-electron chi connectivity index (χ4n) is 7.27. The molecule has 0 amide bonds. The summed E-state index contributed by atoms with van der Waals surface area (Å²) < 4.78 is 2.43. The Morgan fingerprint density at radius 2 is 0.878 bits per heavy atom. The van der Waals surface area contributed by atoms with Crippen LogP contribution in [0, 0.1) is 0 Å². The van der Waals surface area contributed by atoms with Crippen LogP contribution in [0.15, 0.2) is 164 Å². The van der Waals surface area contributed by atoms with Gasteiger partial charge in [0.25, 0.3) is 0 Å². The molecule has 49 heavy (non-hydrogen) atoms. The van der Waals surface area contributed by atoms with E-state index < -0.39 is 0 Å². The molecule has 10 aromatic rings. The summed E-state index contributed by atoms with van der Waals surface area (Å²) in [6, 6.07) is 57.9. The lowest BCUT2D eigenvalue weighted by Gasteiger charge is -2.14. The van der Waals surface area contributed by atoms with Crippen LogP contribution in [0.1, 0.15) is 0 Å². The van der Waals surface area contributed by atoms with Crippen LogP contribution in [-0.4, -0.2) is 15.0 Å². The first-order chi connectivity index (χ1) is 24.3. The molecule has 0 fully saturated rings.